The van der Waals surface area contributed by atoms with E-state index < -0.39 is 17.2 Å². The summed E-state index contributed by atoms with van der Waals surface area (Å²) in [5.74, 6) is -0.498. The molecule has 3 rings (SSSR count). The monoisotopic (exact) mass is 323 g/mol. The van der Waals surface area contributed by atoms with Crippen LogP contribution in [0.1, 0.15) is 16.1 Å². The molecule has 1 aromatic heterocycles. The molecule has 1 heterocycles. The van der Waals surface area contributed by atoms with E-state index in [1.54, 1.807) is 31.2 Å². The lowest BCUT2D eigenvalue weighted by molar-refractivity contribution is 0.102. The van der Waals surface area contributed by atoms with Gasteiger partial charge in [-0.2, -0.15) is 0 Å². The molecule has 0 bridgehead atoms. The van der Waals surface area contributed by atoms with Crippen molar-refractivity contribution >= 4 is 11.6 Å². The van der Waals surface area contributed by atoms with Crippen molar-refractivity contribution in [1.29, 1.82) is 0 Å². The maximum absolute atomic E-state index is 13.1. The molecule has 0 saturated carbocycles. The van der Waals surface area contributed by atoms with E-state index in [-0.39, 0.29) is 11.3 Å². The van der Waals surface area contributed by atoms with Gasteiger partial charge in [0.25, 0.3) is 5.91 Å². The summed E-state index contributed by atoms with van der Waals surface area (Å²) in [6.07, 6.45) is 0. The average Bonchev–Trinajstić information content (AvgIpc) is 2.55. The molecule has 5 heteroatoms. The summed E-state index contributed by atoms with van der Waals surface area (Å²) in [4.78, 5) is 24.9. The number of rotatable bonds is 3. The topological polar surface area (TPSA) is 59.3 Å². The van der Waals surface area contributed by atoms with Crippen LogP contribution in [0.25, 0.3) is 11.3 Å². The molecule has 4 nitrogen and oxygen atoms in total. The molecule has 0 atom stereocenters. The number of halogens is 1. The molecule has 0 radical (unpaired) electrons. The van der Waals surface area contributed by atoms with E-state index in [9.17, 15) is 14.0 Å². The van der Waals surface area contributed by atoms with Crippen molar-refractivity contribution in [2.75, 3.05) is 5.32 Å². The zero-order valence-corrected chi connectivity index (χ0v) is 12.9. The lowest BCUT2D eigenvalue weighted by Crippen LogP contribution is -2.22. The van der Waals surface area contributed by atoms with Gasteiger partial charge in [-0.15, -0.1) is 0 Å². The van der Waals surface area contributed by atoms with Gasteiger partial charge in [-0.1, -0.05) is 18.2 Å². The Morgan fingerprint density at radius 1 is 1.04 bits per heavy atom. The van der Waals surface area contributed by atoms with Gasteiger partial charge in [-0.3, -0.25) is 9.59 Å². The highest BCUT2D eigenvalue weighted by Gasteiger charge is 2.20. The molecule has 0 unspecified atom stereocenters. The summed E-state index contributed by atoms with van der Waals surface area (Å²) in [7, 11) is 0. The Bertz CT molecular complexity index is 931. The highest BCUT2D eigenvalue weighted by molar-refractivity contribution is 6.07. The van der Waals surface area contributed by atoms with Gasteiger partial charge in [0.15, 0.2) is 11.2 Å². The zero-order valence-electron chi connectivity index (χ0n) is 12.9. The fourth-order valence-electron chi connectivity index (χ4n) is 2.34. The van der Waals surface area contributed by atoms with E-state index in [1.807, 2.05) is 6.07 Å². The Morgan fingerprint density at radius 2 is 1.71 bits per heavy atom. The molecule has 0 aliphatic heterocycles. The lowest BCUT2D eigenvalue weighted by Gasteiger charge is -2.10. The molecule has 3 aromatic rings. The predicted molar refractivity (Wildman–Crippen MR) is 89.5 cm³/mol. The maximum atomic E-state index is 13.1. The van der Waals surface area contributed by atoms with E-state index in [2.05, 4.69) is 5.32 Å². The minimum atomic E-state index is -0.575. The number of nitrogens with one attached hydrogen (secondary N) is 1. The van der Waals surface area contributed by atoms with Crippen LogP contribution in [0.3, 0.4) is 0 Å². The van der Waals surface area contributed by atoms with Gasteiger partial charge in [0.05, 0.1) is 0 Å². The van der Waals surface area contributed by atoms with Crippen LogP contribution < -0.4 is 10.7 Å². The Kier molecular flexibility index (Phi) is 4.24. The Morgan fingerprint density at radius 3 is 2.38 bits per heavy atom. The van der Waals surface area contributed by atoms with Gasteiger partial charge in [-0.05, 0) is 43.3 Å². The van der Waals surface area contributed by atoms with Crippen molar-refractivity contribution in [2.45, 2.75) is 6.92 Å². The highest BCUT2D eigenvalue weighted by Crippen LogP contribution is 2.24. The first kappa shape index (κ1) is 15.7. The van der Waals surface area contributed by atoms with E-state index in [0.717, 1.165) is 0 Å². The second kappa shape index (κ2) is 6.50. The minimum absolute atomic E-state index is 0.115. The van der Waals surface area contributed by atoms with Crippen molar-refractivity contribution in [2.24, 2.45) is 0 Å². The number of aryl methyl sites for hydroxylation is 1. The maximum Gasteiger partial charge on any atom is 0.263 e. The fourth-order valence-corrected chi connectivity index (χ4v) is 2.34. The molecule has 2 aromatic carbocycles. The molecule has 0 aliphatic rings. The van der Waals surface area contributed by atoms with E-state index in [4.69, 9.17) is 4.42 Å². The third-order valence-electron chi connectivity index (χ3n) is 3.44. The third kappa shape index (κ3) is 3.25. The quantitative estimate of drug-likeness (QED) is 0.792. The summed E-state index contributed by atoms with van der Waals surface area (Å²) >= 11 is 0. The van der Waals surface area contributed by atoms with Crippen LogP contribution in [0.4, 0.5) is 10.1 Å². The standard InChI is InChI=1S/C19H14FNO3/c1-12-11-16(22)17(19(23)21-15-5-3-2-4-6-15)18(24-12)13-7-9-14(20)10-8-13/h2-11H,1H3,(H,21,23). The van der Waals surface area contributed by atoms with Crippen LogP contribution in [0.15, 0.2) is 69.9 Å². The van der Waals surface area contributed by atoms with E-state index >= 15 is 0 Å². The van der Waals surface area contributed by atoms with E-state index in [1.165, 1.54) is 30.3 Å². The Labute approximate surface area is 137 Å². The Balaban J connectivity index is 2.08. The number of anilines is 1. The summed E-state index contributed by atoms with van der Waals surface area (Å²) in [5.41, 5.74) is 0.450. The average molecular weight is 323 g/mol. The molecule has 24 heavy (non-hydrogen) atoms. The molecule has 0 saturated heterocycles. The molecule has 0 fully saturated rings. The van der Waals surface area contributed by atoms with Crippen LogP contribution >= 0.6 is 0 Å². The molecule has 1 amide bonds. The van der Waals surface area contributed by atoms with Crippen LogP contribution in [0, 0.1) is 12.7 Å². The number of para-hydroxylation sites is 1. The molecule has 0 aliphatic carbocycles. The van der Waals surface area contributed by atoms with Crippen molar-refractivity contribution < 1.29 is 13.6 Å². The van der Waals surface area contributed by atoms with Gasteiger partial charge in [0.2, 0.25) is 0 Å². The van der Waals surface area contributed by atoms with Crippen LogP contribution in [-0.4, -0.2) is 5.91 Å². The first-order valence-electron chi connectivity index (χ1n) is 7.31. The van der Waals surface area contributed by atoms with Crippen molar-refractivity contribution in [3.8, 4) is 11.3 Å². The SMILES string of the molecule is Cc1cc(=O)c(C(=O)Nc2ccccc2)c(-c2ccc(F)cc2)o1. The van der Waals surface area contributed by atoms with Crippen molar-refractivity contribution in [3.05, 3.63) is 88.0 Å². The predicted octanol–water partition coefficient (Wildman–Crippen LogP) is 4.01. The van der Waals surface area contributed by atoms with Gasteiger partial charge in [-0.25, -0.2) is 4.39 Å². The first-order valence-corrected chi connectivity index (χ1v) is 7.31. The van der Waals surface area contributed by atoms with Gasteiger partial charge >= 0.3 is 0 Å². The Hall–Kier alpha value is -3.21. The second-order valence-corrected chi connectivity index (χ2v) is 5.25. The molecular formula is C19H14FNO3. The van der Waals surface area contributed by atoms with Crippen molar-refractivity contribution in [3.63, 3.8) is 0 Å². The summed E-state index contributed by atoms with van der Waals surface area (Å²) in [6, 6.07) is 15.5. The van der Waals surface area contributed by atoms with Crippen LogP contribution in [0.2, 0.25) is 0 Å². The van der Waals surface area contributed by atoms with Crippen molar-refractivity contribution in [1.82, 2.24) is 0 Å². The van der Waals surface area contributed by atoms with Gasteiger partial charge < -0.3 is 9.73 Å². The smallest absolute Gasteiger partial charge is 0.263 e. The lowest BCUT2D eigenvalue weighted by atomic mass is 10.1. The van der Waals surface area contributed by atoms with Gasteiger partial charge in [0.1, 0.15) is 17.1 Å². The number of carbonyl (C=O) groups excluding carboxylic acids is 1. The summed E-state index contributed by atoms with van der Waals surface area (Å²) < 4.78 is 18.7. The number of benzene rings is 2. The third-order valence-corrected chi connectivity index (χ3v) is 3.44. The van der Waals surface area contributed by atoms with E-state index in [0.29, 0.717) is 17.0 Å². The normalized spacial score (nSPS) is 10.4. The van der Waals surface area contributed by atoms with Crippen LogP contribution in [-0.2, 0) is 0 Å². The summed E-state index contributed by atoms with van der Waals surface area (Å²) in [5, 5.41) is 2.67. The number of hydrogen-bond acceptors (Lipinski definition) is 3. The number of carbonyl (C=O) groups is 1. The first-order chi connectivity index (χ1) is 11.5. The largest absolute Gasteiger partial charge is 0.460 e. The zero-order chi connectivity index (χ0) is 17.1. The fraction of sp³-hybridized carbons (Fsp3) is 0.0526. The second-order valence-electron chi connectivity index (χ2n) is 5.25. The molecule has 1 N–H and O–H groups in total. The molecular weight excluding hydrogens is 309 g/mol. The molecule has 0 spiro atoms. The molecule has 120 valence electrons. The van der Waals surface area contributed by atoms with Gasteiger partial charge in [0, 0.05) is 17.3 Å². The highest BCUT2D eigenvalue weighted by atomic mass is 19.1. The minimum Gasteiger partial charge on any atom is -0.460 e. The number of hydrogen-bond donors (Lipinski definition) is 1. The summed E-state index contributed by atoms with van der Waals surface area (Å²) in [6.45, 7) is 1.62. The number of amides is 1. The van der Waals surface area contributed by atoms with Crippen LogP contribution in [0.5, 0.6) is 0 Å².